The number of amides is 1. The van der Waals surface area contributed by atoms with E-state index < -0.39 is 0 Å². The van der Waals surface area contributed by atoms with Crippen molar-refractivity contribution in [3.05, 3.63) is 52.8 Å². The second-order valence-electron chi connectivity index (χ2n) is 3.89. The summed E-state index contributed by atoms with van der Waals surface area (Å²) in [6.45, 7) is 0.396. The standard InChI is InChI=1S/C12H9BrN4O2/c13-10-3-2-9(19-10)12(18)14-5-8-1-4-11-15-7-16-17(11)6-8/h1-4,6-7H,5H2,(H,14,18). The van der Waals surface area contributed by atoms with Crippen molar-refractivity contribution in [3.63, 3.8) is 0 Å². The van der Waals surface area contributed by atoms with Crippen molar-refractivity contribution in [2.24, 2.45) is 0 Å². The van der Waals surface area contributed by atoms with Crippen molar-refractivity contribution in [2.75, 3.05) is 0 Å². The molecule has 0 saturated carbocycles. The van der Waals surface area contributed by atoms with E-state index in [1.807, 2.05) is 18.3 Å². The molecule has 7 heteroatoms. The highest BCUT2D eigenvalue weighted by Gasteiger charge is 2.09. The number of rotatable bonds is 3. The molecule has 0 bridgehead atoms. The predicted octanol–water partition coefficient (Wildman–Crippen LogP) is 2.01. The Bertz CT molecular complexity index is 734. The van der Waals surface area contributed by atoms with Gasteiger partial charge in [-0.2, -0.15) is 5.10 Å². The predicted molar refractivity (Wildman–Crippen MR) is 70.6 cm³/mol. The molecule has 1 amide bonds. The molecule has 0 saturated heterocycles. The summed E-state index contributed by atoms with van der Waals surface area (Å²) in [4.78, 5) is 15.8. The van der Waals surface area contributed by atoms with Gasteiger partial charge in [-0.05, 0) is 39.7 Å². The average Bonchev–Trinajstić information content (AvgIpc) is 3.03. The van der Waals surface area contributed by atoms with E-state index in [1.165, 1.54) is 6.33 Å². The zero-order valence-electron chi connectivity index (χ0n) is 9.71. The molecule has 0 radical (unpaired) electrons. The van der Waals surface area contributed by atoms with Crippen LogP contribution in [0.5, 0.6) is 0 Å². The third-order valence-electron chi connectivity index (χ3n) is 2.59. The van der Waals surface area contributed by atoms with Crippen molar-refractivity contribution < 1.29 is 9.21 Å². The van der Waals surface area contributed by atoms with Crippen molar-refractivity contribution in [1.29, 1.82) is 0 Å². The number of halogens is 1. The van der Waals surface area contributed by atoms with Gasteiger partial charge < -0.3 is 9.73 Å². The zero-order valence-corrected chi connectivity index (χ0v) is 11.3. The third kappa shape index (κ3) is 2.50. The molecule has 3 heterocycles. The molecule has 3 aromatic heterocycles. The smallest absolute Gasteiger partial charge is 0.287 e. The summed E-state index contributed by atoms with van der Waals surface area (Å²) in [5.41, 5.74) is 1.70. The molecule has 19 heavy (non-hydrogen) atoms. The second kappa shape index (κ2) is 4.85. The molecule has 3 aromatic rings. The molecular formula is C12H9BrN4O2. The van der Waals surface area contributed by atoms with Gasteiger partial charge in [-0.25, -0.2) is 9.50 Å². The minimum atomic E-state index is -0.260. The van der Waals surface area contributed by atoms with Gasteiger partial charge in [-0.3, -0.25) is 4.79 Å². The number of nitrogens with one attached hydrogen (secondary N) is 1. The number of pyridine rings is 1. The van der Waals surface area contributed by atoms with Gasteiger partial charge in [-0.15, -0.1) is 0 Å². The summed E-state index contributed by atoms with van der Waals surface area (Å²) in [5, 5.41) is 6.81. The lowest BCUT2D eigenvalue weighted by Crippen LogP contribution is -2.22. The van der Waals surface area contributed by atoms with Gasteiger partial charge in [0.1, 0.15) is 6.33 Å². The maximum absolute atomic E-state index is 11.8. The first-order valence-corrected chi connectivity index (χ1v) is 6.33. The molecule has 0 atom stereocenters. The van der Waals surface area contributed by atoms with Crippen LogP contribution in [0.25, 0.3) is 5.65 Å². The van der Waals surface area contributed by atoms with Crippen molar-refractivity contribution in [1.82, 2.24) is 19.9 Å². The summed E-state index contributed by atoms with van der Waals surface area (Å²) in [6, 6.07) is 7.02. The lowest BCUT2D eigenvalue weighted by Gasteiger charge is -2.03. The molecule has 0 spiro atoms. The molecule has 0 unspecified atom stereocenters. The van der Waals surface area contributed by atoms with Crippen molar-refractivity contribution in [3.8, 4) is 0 Å². The first-order chi connectivity index (χ1) is 9.22. The highest BCUT2D eigenvalue weighted by molar-refractivity contribution is 9.10. The molecule has 0 fully saturated rings. The Labute approximate surface area is 116 Å². The quantitative estimate of drug-likeness (QED) is 0.801. The van der Waals surface area contributed by atoms with Crippen LogP contribution in [0.3, 0.4) is 0 Å². The number of furan rings is 1. The fourth-order valence-electron chi connectivity index (χ4n) is 1.67. The number of carbonyl (C=O) groups is 1. The van der Waals surface area contributed by atoms with Gasteiger partial charge in [-0.1, -0.05) is 6.07 Å². The van der Waals surface area contributed by atoms with E-state index in [1.54, 1.807) is 16.6 Å². The highest BCUT2D eigenvalue weighted by atomic mass is 79.9. The molecule has 6 nitrogen and oxygen atoms in total. The molecule has 0 aliphatic rings. The fourth-order valence-corrected chi connectivity index (χ4v) is 1.98. The topological polar surface area (TPSA) is 72.4 Å². The Hall–Kier alpha value is -2.15. The normalized spacial score (nSPS) is 10.8. The summed E-state index contributed by atoms with van der Waals surface area (Å²) in [7, 11) is 0. The zero-order chi connectivity index (χ0) is 13.2. The number of aromatic nitrogens is 3. The van der Waals surface area contributed by atoms with Crippen LogP contribution >= 0.6 is 15.9 Å². The number of nitrogens with zero attached hydrogens (tertiary/aromatic N) is 3. The summed E-state index contributed by atoms with van der Waals surface area (Å²) in [5.74, 6) is 0.0121. The van der Waals surface area contributed by atoms with E-state index in [4.69, 9.17) is 4.42 Å². The van der Waals surface area contributed by atoms with E-state index >= 15 is 0 Å². The van der Waals surface area contributed by atoms with Crippen LogP contribution in [-0.2, 0) is 6.54 Å². The van der Waals surface area contributed by atoms with Gasteiger partial charge in [0.05, 0.1) is 0 Å². The maximum atomic E-state index is 11.8. The van der Waals surface area contributed by atoms with Crippen LogP contribution in [-0.4, -0.2) is 20.5 Å². The molecule has 0 aliphatic carbocycles. The van der Waals surface area contributed by atoms with Gasteiger partial charge in [0, 0.05) is 12.7 Å². The van der Waals surface area contributed by atoms with E-state index in [9.17, 15) is 4.79 Å². The van der Waals surface area contributed by atoms with Gasteiger partial charge in [0.25, 0.3) is 5.91 Å². The number of fused-ring (bicyclic) bond motifs is 1. The first kappa shape index (κ1) is 11.9. The van der Waals surface area contributed by atoms with E-state index in [0.29, 0.717) is 11.2 Å². The second-order valence-corrected chi connectivity index (χ2v) is 4.67. The average molecular weight is 321 g/mol. The Morgan fingerprint density at radius 3 is 3.05 bits per heavy atom. The van der Waals surface area contributed by atoms with Gasteiger partial charge >= 0.3 is 0 Å². The number of hydrogen-bond donors (Lipinski definition) is 1. The fraction of sp³-hybridized carbons (Fsp3) is 0.0833. The molecule has 96 valence electrons. The van der Waals surface area contributed by atoms with Crippen LogP contribution in [0.2, 0.25) is 0 Å². The monoisotopic (exact) mass is 320 g/mol. The first-order valence-electron chi connectivity index (χ1n) is 5.54. The maximum Gasteiger partial charge on any atom is 0.287 e. The van der Waals surface area contributed by atoms with Crippen LogP contribution in [0.15, 0.2) is 45.9 Å². The van der Waals surface area contributed by atoms with Crippen LogP contribution in [0.1, 0.15) is 16.1 Å². The molecule has 3 rings (SSSR count). The molecule has 1 N–H and O–H groups in total. The molecule has 0 aliphatic heterocycles. The van der Waals surface area contributed by atoms with E-state index in [0.717, 1.165) is 11.2 Å². The lowest BCUT2D eigenvalue weighted by atomic mass is 10.3. The largest absolute Gasteiger partial charge is 0.444 e. The van der Waals surface area contributed by atoms with E-state index in [-0.39, 0.29) is 11.7 Å². The molecule has 0 aromatic carbocycles. The SMILES string of the molecule is O=C(NCc1ccc2ncnn2c1)c1ccc(Br)o1. The van der Waals surface area contributed by atoms with Crippen molar-refractivity contribution in [2.45, 2.75) is 6.54 Å². The summed E-state index contributed by atoms with van der Waals surface area (Å²) < 4.78 is 7.36. The van der Waals surface area contributed by atoms with Gasteiger partial charge in [0.15, 0.2) is 16.1 Å². The lowest BCUT2D eigenvalue weighted by molar-refractivity contribution is 0.0922. The Balaban J connectivity index is 1.70. The van der Waals surface area contributed by atoms with Gasteiger partial charge in [0.2, 0.25) is 0 Å². The summed E-state index contributed by atoms with van der Waals surface area (Å²) in [6.07, 6.45) is 3.30. The van der Waals surface area contributed by atoms with Crippen LogP contribution in [0, 0.1) is 0 Å². The Morgan fingerprint density at radius 2 is 2.26 bits per heavy atom. The molecular weight excluding hydrogens is 312 g/mol. The minimum absolute atomic E-state index is 0.260. The van der Waals surface area contributed by atoms with E-state index in [2.05, 4.69) is 31.3 Å². The van der Waals surface area contributed by atoms with Crippen LogP contribution < -0.4 is 5.32 Å². The van der Waals surface area contributed by atoms with Crippen molar-refractivity contribution >= 4 is 27.5 Å². The van der Waals surface area contributed by atoms with Crippen LogP contribution in [0.4, 0.5) is 0 Å². The minimum Gasteiger partial charge on any atom is -0.444 e. The summed E-state index contributed by atoms with van der Waals surface area (Å²) >= 11 is 3.15. The number of carbonyl (C=O) groups excluding carboxylic acids is 1. The highest BCUT2D eigenvalue weighted by Crippen LogP contribution is 2.14. The third-order valence-corrected chi connectivity index (χ3v) is 3.01. The Kier molecular flexibility index (Phi) is 3.04. The Morgan fingerprint density at radius 1 is 1.37 bits per heavy atom. The number of hydrogen-bond acceptors (Lipinski definition) is 4.